The number of halogens is 3. The summed E-state index contributed by atoms with van der Waals surface area (Å²) < 4.78 is 45.4. The van der Waals surface area contributed by atoms with Crippen LogP contribution in [-0.4, -0.2) is 44.6 Å². The van der Waals surface area contributed by atoms with Crippen molar-refractivity contribution in [3.8, 4) is 5.75 Å². The van der Waals surface area contributed by atoms with Crippen LogP contribution in [-0.2, 0) is 4.74 Å². The lowest BCUT2D eigenvalue weighted by molar-refractivity contribution is -0.173. The van der Waals surface area contributed by atoms with Crippen LogP contribution >= 0.6 is 0 Å². The Morgan fingerprint density at radius 2 is 2.09 bits per heavy atom. The molecular formula is C15H21F3N2O3. The molecule has 23 heavy (non-hydrogen) atoms. The highest BCUT2D eigenvalue weighted by Crippen LogP contribution is 2.14. The number of rotatable bonds is 8. The summed E-state index contributed by atoms with van der Waals surface area (Å²) >= 11 is 0. The van der Waals surface area contributed by atoms with Gasteiger partial charge in [-0.1, -0.05) is 12.1 Å². The number of carbonyl (C=O) groups is 1. The number of hydrogen-bond acceptors (Lipinski definition) is 3. The van der Waals surface area contributed by atoms with Gasteiger partial charge in [-0.05, 0) is 31.5 Å². The van der Waals surface area contributed by atoms with Gasteiger partial charge in [0.25, 0.3) is 0 Å². The minimum atomic E-state index is -4.36. The molecule has 0 bridgehead atoms. The second-order valence-corrected chi connectivity index (χ2v) is 5.10. The summed E-state index contributed by atoms with van der Waals surface area (Å²) in [6.07, 6.45) is -4.36. The molecular weight excluding hydrogens is 313 g/mol. The number of benzene rings is 1. The van der Waals surface area contributed by atoms with E-state index < -0.39 is 18.8 Å². The summed E-state index contributed by atoms with van der Waals surface area (Å²) in [5.41, 5.74) is 1.07. The average molecular weight is 334 g/mol. The van der Waals surface area contributed by atoms with Gasteiger partial charge in [-0.25, -0.2) is 4.79 Å². The largest absolute Gasteiger partial charge is 0.491 e. The summed E-state index contributed by atoms with van der Waals surface area (Å²) in [6.45, 7) is 2.45. The molecule has 0 radical (unpaired) electrons. The molecule has 0 saturated carbocycles. The van der Waals surface area contributed by atoms with Gasteiger partial charge in [0.15, 0.2) is 0 Å². The van der Waals surface area contributed by atoms with Crippen LogP contribution in [0, 0.1) is 6.92 Å². The first kappa shape index (κ1) is 19.1. The molecule has 0 heterocycles. The van der Waals surface area contributed by atoms with Crippen LogP contribution < -0.4 is 15.4 Å². The lowest BCUT2D eigenvalue weighted by Crippen LogP contribution is -2.44. The number of carbonyl (C=O) groups excluding carboxylic acids is 1. The lowest BCUT2D eigenvalue weighted by Gasteiger charge is -2.16. The fourth-order valence-corrected chi connectivity index (χ4v) is 1.67. The van der Waals surface area contributed by atoms with Crippen molar-refractivity contribution in [3.05, 3.63) is 29.8 Å². The molecule has 0 spiro atoms. The van der Waals surface area contributed by atoms with Gasteiger partial charge in [0.2, 0.25) is 0 Å². The molecule has 0 fully saturated rings. The third kappa shape index (κ3) is 9.62. The Kier molecular flexibility index (Phi) is 7.67. The van der Waals surface area contributed by atoms with Crippen molar-refractivity contribution in [1.29, 1.82) is 0 Å². The first-order valence-electron chi connectivity index (χ1n) is 7.14. The van der Waals surface area contributed by atoms with Gasteiger partial charge >= 0.3 is 12.2 Å². The average Bonchev–Trinajstić information content (AvgIpc) is 2.43. The normalized spacial score (nSPS) is 12.6. The van der Waals surface area contributed by atoms with E-state index in [1.54, 1.807) is 6.92 Å². The van der Waals surface area contributed by atoms with E-state index in [9.17, 15) is 18.0 Å². The molecule has 2 amide bonds. The minimum absolute atomic E-state index is 0.00658. The van der Waals surface area contributed by atoms with Crippen molar-refractivity contribution in [2.75, 3.05) is 26.4 Å². The zero-order valence-electron chi connectivity index (χ0n) is 13.1. The van der Waals surface area contributed by atoms with Gasteiger partial charge in [-0.3, -0.25) is 0 Å². The summed E-state index contributed by atoms with van der Waals surface area (Å²) in [4.78, 5) is 11.5. The van der Waals surface area contributed by atoms with Crippen molar-refractivity contribution >= 4 is 6.03 Å². The van der Waals surface area contributed by atoms with Crippen molar-refractivity contribution in [2.45, 2.75) is 26.1 Å². The first-order valence-corrected chi connectivity index (χ1v) is 7.14. The van der Waals surface area contributed by atoms with Crippen LogP contribution in [0.2, 0.25) is 0 Å². The zero-order chi connectivity index (χ0) is 17.3. The number of hydrogen-bond donors (Lipinski definition) is 2. The van der Waals surface area contributed by atoms with Crippen molar-refractivity contribution < 1.29 is 27.4 Å². The fourth-order valence-electron chi connectivity index (χ4n) is 1.67. The summed E-state index contributed by atoms with van der Waals surface area (Å²) in [5.74, 6) is 0.708. The van der Waals surface area contributed by atoms with Gasteiger partial charge in [-0.2, -0.15) is 13.2 Å². The molecule has 1 aromatic carbocycles. The molecule has 1 rings (SSSR count). The molecule has 0 aliphatic rings. The molecule has 1 atom stereocenters. The molecule has 130 valence electrons. The Balaban J connectivity index is 2.14. The third-order valence-electron chi connectivity index (χ3n) is 2.66. The van der Waals surface area contributed by atoms with Crippen LogP contribution in [0.15, 0.2) is 24.3 Å². The van der Waals surface area contributed by atoms with Crippen molar-refractivity contribution in [3.63, 3.8) is 0 Å². The van der Waals surface area contributed by atoms with Crippen molar-refractivity contribution in [2.24, 2.45) is 0 Å². The van der Waals surface area contributed by atoms with E-state index in [4.69, 9.17) is 4.74 Å². The number of nitrogens with one attached hydrogen (secondary N) is 2. The van der Waals surface area contributed by atoms with Gasteiger partial charge in [0, 0.05) is 6.54 Å². The topological polar surface area (TPSA) is 59.6 Å². The van der Waals surface area contributed by atoms with E-state index in [0.717, 1.165) is 5.56 Å². The highest BCUT2D eigenvalue weighted by molar-refractivity contribution is 5.74. The Morgan fingerprint density at radius 1 is 1.35 bits per heavy atom. The van der Waals surface area contributed by atoms with Crippen LogP contribution in [0.4, 0.5) is 18.0 Å². The Labute approximate surface area is 133 Å². The molecule has 5 nitrogen and oxygen atoms in total. The van der Waals surface area contributed by atoms with Gasteiger partial charge < -0.3 is 20.1 Å². The molecule has 0 aliphatic heterocycles. The van der Waals surface area contributed by atoms with Gasteiger partial charge in [0.1, 0.15) is 19.0 Å². The van der Waals surface area contributed by atoms with Crippen LogP contribution in [0.25, 0.3) is 0 Å². The van der Waals surface area contributed by atoms with E-state index in [2.05, 4.69) is 15.4 Å². The molecule has 1 aromatic rings. The second kappa shape index (κ2) is 9.24. The van der Waals surface area contributed by atoms with E-state index >= 15 is 0 Å². The SMILES string of the molecule is Cc1cccc(OCC(C)NC(=O)NCCOCC(F)(F)F)c1. The van der Waals surface area contributed by atoms with Gasteiger partial charge in [0.05, 0.1) is 12.6 Å². The van der Waals surface area contributed by atoms with Crippen LogP contribution in [0.5, 0.6) is 5.75 Å². The molecule has 8 heteroatoms. The fraction of sp³-hybridized carbons (Fsp3) is 0.533. The van der Waals surface area contributed by atoms with E-state index in [-0.39, 0.29) is 25.8 Å². The minimum Gasteiger partial charge on any atom is -0.491 e. The maximum atomic E-state index is 11.8. The lowest BCUT2D eigenvalue weighted by atomic mass is 10.2. The zero-order valence-corrected chi connectivity index (χ0v) is 13.1. The summed E-state index contributed by atoms with van der Waals surface area (Å²) in [5, 5.41) is 5.03. The third-order valence-corrected chi connectivity index (χ3v) is 2.66. The highest BCUT2D eigenvalue weighted by Gasteiger charge is 2.27. The standard InChI is InChI=1S/C15H21F3N2O3/c1-11-4-3-5-13(8-11)23-9-12(2)20-14(21)19-6-7-22-10-15(16,17)18/h3-5,8,12H,6-7,9-10H2,1-2H3,(H2,19,20,21). The molecule has 1 unspecified atom stereocenters. The Bertz CT molecular complexity index is 495. The monoisotopic (exact) mass is 334 g/mol. The number of aryl methyl sites for hydroxylation is 1. The van der Waals surface area contributed by atoms with Crippen LogP contribution in [0.3, 0.4) is 0 Å². The van der Waals surface area contributed by atoms with Crippen molar-refractivity contribution in [1.82, 2.24) is 10.6 Å². The summed E-state index contributed by atoms with van der Waals surface area (Å²) in [7, 11) is 0. The Hall–Kier alpha value is -1.96. The van der Waals surface area contributed by atoms with Gasteiger partial charge in [-0.15, -0.1) is 0 Å². The number of alkyl halides is 3. The number of urea groups is 1. The first-order chi connectivity index (χ1) is 10.8. The second-order valence-electron chi connectivity index (χ2n) is 5.10. The predicted molar refractivity (Wildman–Crippen MR) is 79.5 cm³/mol. The predicted octanol–water partition coefficient (Wildman–Crippen LogP) is 2.64. The highest BCUT2D eigenvalue weighted by atomic mass is 19.4. The molecule has 0 aromatic heterocycles. The molecule has 0 saturated heterocycles. The molecule has 0 aliphatic carbocycles. The maximum Gasteiger partial charge on any atom is 0.411 e. The quantitative estimate of drug-likeness (QED) is 0.719. The van der Waals surface area contributed by atoms with Crippen LogP contribution in [0.1, 0.15) is 12.5 Å². The smallest absolute Gasteiger partial charge is 0.411 e. The van der Waals surface area contributed by atoms with E-state index in [1.807, 2.05) is 31.2 Å². The maximum absolute atomic E-state index is 11.8. The van der Waals surface area contributed by atoms with E-state index in [0.29, 0.717) is 5.75 Å². The Morgan fingerprint density at radius 3 is 2.74 bits per heavy atom. The summed E-state index contributed by atoms with van der Waals surface area (Å²) in [6, 6.07) is 6.77. The number of amides is 2. The van der Waals surface area contributed by atoms with E-state index in [1.165, 1.54) is 0 Å². The number of ether oxygens (including phenoxy) is 2. The molecule has 2 N–H and O–H groups in total.